The van der Waals surface area contributed by atoms with Gasteiger partial charge in [0.2, 0.25) is 0 Å². The van der Waals surface area contributed by atoms with E-state index in [2.05, 4.69) is 105 Å². The van der Waals surface area contributed by atoms with Gasteiger partial charge in [0, 0.05) is 5.56 Å². The SMILES string of the molecule is CCCCCc1ccc(-c2ccc(-c3ccccc3)c(-c3cccc(CCCCC)c3Cl)c2)cc1. The fourth-order valence-corrected chi connectivity index (χ4v) is 5.13. The van der Waals surface area contributed by atoms with Crippen LogP contribution in [0.5, 0.6) is 0 Å². The first kappa shape index (κ1) is 25.3. The zero-order valence-corrected chi connectivity index (χ0v) is 22.0. The summed E-state index contributed by atoms with van der Waals surface area (Å²) in [6.07, 6.45) is 9.64. The van der Waals surface area contributed by atoms with Gasteiger partial charge in [0.05, 0.1) is 5.02 Å². The van der Waals surface area contributed by atoms with Gasteiger partial charge in [-0.25, -0.2) is 0 Å². The van der Waals surface area contributed by atoms with Gasteiger partial charge in [0.25, 0.3) is 0 Å². The summed E-state index contributed by atoms with van der Waals surface area (Å²) in [5.41, 5.74) is 9.91. The Kier molecular flexibility index (Phi) is 9.21. The van der Waals surface area contributed by atoms with Crippen molar-refractivity contribution in [2.24, 2.45) is 0 Å². The molecule has 4 rings (SSSR count). The molecule has 0 nitrogen and oxygen atoms in total. The largest absolute Gasteiger partial charge is 0.0834 e. The minimum atomic E-state index is 0.893. The van der Waals surface area contributed by atoms with Crippen LogP contribution in [-0.4, -0.2) is 0 Å². The maximum absolute atomic E-state index is 7.06. The maximum atomic E-state index is 7.06. The van der Waals surface area contributed by atoms with E-state index in [-0.39, 0.29) is 0 Å². The molecule has 0 fully saturated rings. The van der Waals surface area contributed by atoms with Crippen LogP contribution in [0, 0.1) is 0 Å². The number of rotatable bonds is 11. The van der Waals surface area contributed by atoms with Crippen molar-refractivity contribution in [1.82, 2.24) is 0 Å². The fourth-order valence-electron chi connectivity index (χ4n) is 4.81. The first-order valence-electron chi connectivity index (χ1n) is 13.3. The highest BCUT2D eigenvalue weighted by Crippen LogP contribution is 2.40. The van der Waals surface area contributed by atoms with Crippen molar-refractivity contribution in [3.63, 3.8) is 0 Å². The Labute approximate surface area is 217 Å². The third-order valence-corrected chi connectivity index (χ3v) is 7.33. The second-order valence-electron chi connectivity index (χ2n) is 9.52. The standard InChI is InChI=1S/C34H37Cl/c1-3-5-8-13-26-19-21-27(22-20-26)30-23-24-31(28-14-10-7-11-15-28)33(25-30)32-18-12-17-29(34(32)35)16-9-6-4-2/h7,10-12,14-15,17-25H,3-6,8-9,13,16H2,1-2H3. The third-order valence-electron chi connectivity index (χ3n) is 6.88. The van der Waals surface area contributed by atoms with Crippen molar-refractivity contribution < 1.29 is 0 Å². The molecular weight excluding hydrogens is 444 g/mol. The third kappa shape index (κ3) is 6.44. The van der Waals surface area contributed by atoms with E-state index in [9.17, 15) is 0 Å². The topological polar surface area (TPSA) is 0 Å². The molecule has 0 saturated heterocycles. The van der Waals surface area contributed by atoms with Gasteiger partial charge < -0.3 is 0 Å². The number of halogens is 1. The van der Waals surface area contributed by atoms with Gasteiger partial charge in [-0.05, 0) is 70.7 Å². The van der Waals surface area contributed by atoms with E-state index in [1.807, 2.05) is 0 Å². The lowest BCUT2D eigenvalue weighted by Gasteiger charge is -2.16. The molecule has 0 aliphatic heterocycles. The lowest BCUT2D eigenvalue weighted by Crippen LogP contribution is -1.93. The molecular formula is C34H37Cl. The zero-order chi connectivity index (χ0) is 24.5. The lowest BCUT2D eigenvalue weighted by atomic mass is 9.89. The van der Waals surface area contributed by atoms with E-state index in [1.54, 1.807) is 0 Å². The Morgan fingerprint density at radius 2 is 1.20 bits per heavy atom. The molecule has 0 amide bonds. The van der Waals surface area contributed by atoms with E-state index < -0.39 is 0 Å². The van der Waals surface area contributed by atoms with E-state index in [1.165, 1.54) is 77.5 Å². The highest BCUT2D eigenvalue weighted by Gasteiger charge is 2.14. The normalized spacial score (nSPS) is 11.1. The van der Waals surface area contributed by atoms with Gasteiger partial charge in [0.15, 0.2) is 0 Å². The highest BCUT2D eigenvalue weighted by molar-refractivity contribution is 6.34. The average Bonchev–Trinajstić information content (AvgIpc) is 2.90. The number of hydrogen-bond acceptors (Lipinski definition) is 0. The second-order valence-corrected chi connectivity index (χ2v) is 9.89. The Bertz CT molecular complexity index is 1210. The summed E-state index contributed by atoms with van der Waals surface area (Å²) in [5, 5.41) is 0.893. The van der Waals surface area contributed by atoms with Crippen LogP contribution in [0.4, 0.5) is 0 Å². The first-order chi connectivity index (χ1) is 17.2. The van der Waals surface area contributed by atoms with Crippen molar-refractivity contribution in [2.45, 2.75) is 65.2 Å². The van der Waals surface area contributed by atoms with Crippen LogP contribution in [0.1, 0.15) is 63.5 Å². The van der Waals surface area contributed by atoms with Crippen molar-refractivity contribution >= 4 is 11.6 Å². The molecule has 0 aliphatic carbocycles. The molecule has 0 heterocycles. The Morgan fingerprint density at radius 3 is 1.91 bits per heavy atom. The van der Waals surface area contributed by atoms with Crippen LogP contribution in [0.2, 0.25) is 5.02 Å². The molecule has 1 heteroatoms. The summed E-state index contributed by atoms with van der Waals surface area (Å²) in [7, 11) is 0. The summed E-state index contributed by atoms with van der Waals surface area (Å²) in [6, 6.07) is 33.1. The second kappa shape index (κ2) is 12.8. The van der Waals surface area contributed by atoms with Gasteiger partial charge >= 0.3 is 0 Å². The summed E-state index contributed by atoms with van der Waals surface area (Å²) < 4.78 is 0. The van der Waals surface area contributed by atoms with E-state index in [0.29, 0.717) is 0 Å². The predicted molar refractivity (Wildman–Crippen MR) is 154 cm³/mol. The number of aryl methyl sites for hydroxylation is 2. The monoisotopic (exact) mass is 480 g/mol. The summed E-state index contributed by atoms with van der Waals surface area (Å²) in [5.74, 6) is 0. The van der Waals surface area contributed by atoms with Crippen molar-refractivity contribution in [1.29, 1.82) is 0 Å². The highest BCUT2D eigenvalue weighted by atomic mass is 35.5. The van der Waals surface area contributed by atoms with Crippen LogP contribution in [-0.2, 0) is 12.8 Å². The zero-order valence-electron chi connectivity index (χ0n) is 21.2. The van der Waals surface area contributed by atoms with Gasteiger partial charge in [-0.1, -0.05) is 136 Å². The van der Waals surface area contributed by atoms with Crippen molar-refractivity contribution in [3.05, 3.63) is 107 Å². The molecule has 35 heavy (non-hydrogen) atoms. The number of unbranched alkanes of at least 4 members (excludes halogenated alkanes) is 4. The first-order valence-corrected chi connectivity index (χ1v) is 13.7. The molecule has 4 aromatic carbocycles. The molecule has 0 aromatic heterocycles. The molecule has 0 atom stereocenters. The number of hydrogen-bond donors (Lipinski definition) is 0. The van der Waals surface area contributed by atoms with Crippen molar-refractivity contribution in [3.8, 4) is 33.4 Å². The summed E-state index contributed by atoms with van der Waals surface area (Å²) in [6.45, 7) is 4.50. The molecule has 0 radical (unpaired) electrons. The van der Waals surface area contributed by atoms with Crippen LogP contribution >= 0.6 is 11.6 Å². The lowest BCUT2D eigenvalue weighted by molar-refractivity contribution is 0.717. The van der Waals surface area contributed by atoms with E-state index >= 15 is 0 Å². The van der Waals surface area contributed by atoms with E-state index in [4.69, 9.17) is 11.6 Å². The molecule has 0 spiro atoms. The van der Waals surface area contributed by atoms with Crippen molar-refractivity contribution in [2.75, 3.05) is 0 Å². The van der Waals surface area contributed by atoms with Crippen LogP contribution in [0.25, 0.3) is 33.4 Å². The minimum Gasteiger partial charge on any atom is -0.0834 e. The van der Waals surface area contributed by atoms with Gasteiger partial charge in [-0.2, -0.15) is 0 Å². The molecule has 180 valence electrons. The van der Waals surface area contributed by atoms with Gasteiger partial charge in [0.1, 0.15) is 0 Å². The van der Waals surface area contributed by atoms with Crippen LogP contribution in [0.3, 0.4) is 0 Å². The Balaban J connectivity index is 1.74. The summed E-state index contributed by atoms with van der Waals surface area (Å²) >= 11 is 7.06. The molecule has 0 saturated carbocycles. The molecule has 0 unspecified atom stereocenters. The average molecular weight is 481 g/mol. The molecule has 0 bridgehead atoms. The Hall–Kier alpha value is -2.83. The minimum absolute atomic E-state index is 0.893. The quantitative estimate of drug-likeness (QED) is 0.187. The number of benzene rings is 4. The predicted octanol–water partition coefficient (Wildman–Crippen LogP) is 10.8. The molecule has 0 N–H and O–H groups in total. The van der Waals surface area contributed by atoms with Gasteiger partial charge in [-0.3, -0.25) is 0 Å². The van der Waals surface area contributed by atoms with Gasteiger partial charge in [-0.15, -0.1) is 0 Å². The smallest absolute Gasteiger partial charge is 0.0516 e. The molecule has 4 aromatic rings. The Morgan fingerprint density at radius 1 is 0.514 bits per heavy atom. The summed E-state index contributed by atoms with van der Waals surface area (Å²) in [4.78, 5) is 0. The molecule has 0 aliphatic rings. The van der Waals surface area contributed by atoms with Crippen LogP contribution < -0.4 is 0 Å². The fraction of sp³-hybridized carbons (Fsp3) is 0.294. The maximum Gasteiger partial charge on any atom is 0.0516 e. The van der Waals surface area contributed by atoms with Crippen LogP contribution in [0.15, 0.2) is 91.0 Å². The van der Waals surface area contributed by atoms with E-state index in [0.717, 1.165) is 23.4 Å².